The lowest BCUT2D eigenvalue weighted by Crippen LogP contribution is -2.59. The zero-order valence-electron chi connectivity index (χ0n) is 69.0. The van der Waals surface area contributed by atoms with E-state index in [-0.39, 0.29) is 69.4 Å². The van der Waals surface area contributed by atoms with Gasteiger partial charge in [0.15, 0.2) is 0 Å². The van der Waals surface area contributed by atoms with Crippen LogP contribution in [0.5, 0.6) is 11.5 Å². The second-order valence-electron chi connectivity index (χ2n) is 31.7. The first-order chi connectivity index (χ1) is 56.6. The predicted octanol–water partition coefficient (Wildman–Crippen LogP) is 6.90. The van der Waals surface area contributed by atoms with Crippen molar-refractivity contribution in [2.75, 3.05) is 31.6 Å². The molecule has 2 heterocycles. The number of nitrogens with zero attached hydrogens (tertiary/aromatic N) is 1. The Morgan fingerprint density at radius 3 is 1.66 bits per heavy atom. The Bertz CT molecular complexity index is 4750. The third-order valence-corrected chi connectivity index (χ3v) is 23.1. The van der Waals surface area contributed by atoms with Gasteiger partial charge < -0.3 is 73.1 Å². The first kappa shape index (κ1) is 91.3. The highest BCUT2D eigenvalue weighted by Crippen LogP contribution is 2.44. The maximum Gasteiger partial charge on any atom is 0.326 e. The van der Waals surface area contributed by atoms with E-state index in [9.17, 15) is 42.3 Å². The van der Waals surface area contributed by atoms with Gasteiger partial charge in [0, 0.05) is 44.3 Å². The summed E-state index contributed by atoms with van der Waals surface area (Å²) in [6.45, 7) is 15.4. The fourth-order valence-corrected chi connectivity index (χ4v) is 16.8. The van der Waals surface area contributed by atoms with Gasteiger partial charge in [0.25, 0.3) is 10.0 Å². The number of sulfonamides is 1. The summed E-state index contributed by atoms with van der Waals surface area (Å²) in [6.07, 6.45) is 1.39. The molecule has 0 bridgehead atoms. The van der Waals surface area contributed by atoms with Crippen molar-refractivity contribution in [1.82, 2.24) is 57.5 Å². The minimum absolute atomic E-state index is 0.00504. The molecule has 30 heteroatoms. The van der Waals surface area contributed by atoms with Crippen LogP contribution < -0.4 is 67.8 Å². The van der Waals surface area contributed by atoms with Crippen molar-refractivity contribution >= 4 is 86.9 Å². The number of aliphatic carboxylic acids is 1. The molecule has 0 radical (unpaired) electrons. The molecule has 0 spiro atoms. The summed E-state index contributed by atoms with van der Waals surface area (Å²) in [4.78, 5) is 146. The lowest BCUT2D eigenvalue weighted by molar-refractivity contribution is -0.143. The third kappa shape index (κ3) is 25.2. The quantitative estimate of drug-likeness (QED) is 0.00806. The van der Waals surface area contributed by atoms with Gasteiger partial charge in [-0.25, -0.2) is 17.9 Å². The van der Waals surface area contributed by atoms with Crippen molar-refractivity contribution in [2.45, 2.75) is 203 Å². The van der Waals surface area contributed by atoms with Crippen LogP contribution >= 0.6 is 11.8 Å². The number of nitrogens with two attached hydrogens (primary N) is 1. The third-order valence-electron chi connectivity index (χ3n) is 20.9. The maximum atomic E-state index is 15.5. The first-order valence-corrected chi connectivity index (χ1v) is 42.8. The monoisotopic (exact) mass is 1670 g/mol. The van der Waals surface area contributed by atoms with Gasteiger partial charge in [-0.05, 0) is 181 Å². The summed E-state index contributed by atoms with van der Waals surface area (Å²) >= 11 is 1.38. The normalized spacial score (nSPS) is 15.4. The molecule has 9 amide bonds. The number of guanidine groups is 1. The van der Waals surface area contributed by atoms with Gasteiger partial charge in [0.2, 0.25) is 59.1 Å². The Morgan fingerprint density at radius 1 is 0.605 bits per heavy atom. The molecule has 8 atom stereocenters. The van der Waals surface area contributed by atoms with E-state index >= 15 is 19.2 Å². The van der Waals surface area contributed by atoms with Gasteiger partial charge in [-0.3, -0.25) is 48.6 Å². The number of thioether (sulfide) groups is 1. The molecule has 2 aliphatic rings. The van der Waals surface area contributed by atoms with Crippen LogP contribution in [0, 0.1) is 26.2 Å². The molecule has 0 saturated carbocycles. The number of fused-ring (bicyclic) bond motifs is 1. The number of carboxylic acid groups (broad SMARTS) is 1. The zero-order chi connectivity index (χ0) is 86.4. The Kier molecular flexibility index (Phi) is 32.0. The SMILES string of the molecule is CSCC[C@@H](NC(=O)[C@H](Cc1ccccc1)NC(=O)CNC(=O)[C@@H](C)NC(=O)[C@@H](N)Cc1ccc(OC(C)(C)C)cc1)C(=O)N1CCC[C@H]1C(=O)N[C@@H](CCC(=O)NC(c1ccccc1)(c1ccccc1)c1ccccc1)C(=O)N[C@@H](CCCNC(=N)NS(=O)(=O)c1c(C)c(C)c2c(c1C)CC(C)(C)O2)C(=O)N[C@@H](Cc1ccccc1)C(=O)O. The zero-order valence-corrected chi connectivity index (χ0v) is 70.6. The summed E-state index contributed by atoms with van der Waals surface area (Å²) in [5, 5.41) is 44.2. The molecule has 119 heavy (non-hydrogen) atoms. The number of amides is 9. The number of ether oxygens (including phenoxy) is 2. The molecule has 2 aliphatic heterocycles. The molecule has 7 aromatic carbocycles. The molecule has 7 aromatic rings. The number of benzene rings is 7. The van der Waals surface area contributed by atoms with E-state index in [1.807, 2.05) is 126 Å². The topological polar surface area (TPSA) is 417 Å². The number of rotatable bonds is 39. The van der Waals surface area contributed by atoms with E-state index in [2.05, 4.69) is 52.6 Å². The first-order valence-electron chi connectivity index (χ1n) is 39.9. The second-order valence-corrected chi connectivity index (χ2v) is 34.3. The highest BCUT2D eigenvalue weighted by molar-refractivity contribution is 7.98. The summed E-state index contributed by atoms with van der Waals surface area (Å²) in [5.41, 5.74) is 10.2. The number of carbonyl (C=O) groups is 10. The van der Waals surface area contributed by atoms with Gasteiger partial charge in [0.05, 0.1) is 17.5 Å². The van der Waals surface area contributed by atoms with E-state index in [4.69, 9.17) is 20.6 Å². The fraction of sp³-hybridized carbons (Fsp3) is 0.404. The Labute approximate surface area is 700 Å². The minimum atomic E-state index is -4.38. The average Bonchev–Trinajstić information content (AvgIpc) is 1.71. The smallest absolute Gasteiger partial charge is 0.326 e. The predicted molar refractivity (Wildman–Crippen MR) is 455 cm³/mol. The van der Waals surface area contributed by atoms with Crippen molar-refractivity contribution in [3.63, 3.8) is 0 Å². The van der Waals surface area contributed by atoms with Crippen LogP contribution in [0.4, 0.5) is 0 Å². The molecule has 634 valence electrons. The van der Waals surface area contributed by atoms with Crippen LogP contribution in [-0.2, 0) is 89.2 Å². The molecule has 9 rings (SSSR count). The number of nitrogens with one attached hydrogen (secondary N) is 11. The standard InChI is InChI=1S/C89H111N13O15S2/c1-55-56(2)77(57(3)66-53-88(8,9)117-76(55)66)119(114,115)101-86(91)92-47-26-38-68(80(107)99-72(85(112)113)52-60-30-18-12-19-31-60)96-81(108)69(44-45-74(103)100-89(62-32-20-13-21-33-62,63-34-22-14-23-35-63)64-36-24-15-25-37-64)97-83(110)73-39-27-48-102(73)84(111)70(46-49-118-10)98-82(109)71(51-59-28-16-11-17-29-59)95-75(104)54-93-78(105)58(4)94-79(106)67(90)50-61-40-42-65(43-41-61)116-87(5,6)7/h11-25,28-37,40-43,58,67-73H,26-27,38-39,44-54,90H2,1-10H3,(H,93,105)(H,94,106)(H,95,104)(H,96,108)(H,97,110)(H,98,109)(H,99,107)(H,100,103)(H,112,113)(H3,91,92,101)/t58-,67+,68+,69+,70-,71+,72+,73+/m1/s1. The number of hydrogen-bond donors (Lipinski definition) is 13. The van der Waals surface area contributed by atoms with Gasteiger partial charge in [-0.2, -0.15) is 11.8 Å². The van der Waals surface area contributed by atoms with Crippen LogP contribution in [0.2, 0.25) is 0 Å². The molecule has 14 N–H and O–H groups in total. The minimum Gasteiger partial charge on any atom is -0.488 e. The highest BCUT2D eigenvalue weighted by Gasteiger charge is 2.43. The lowest BCUT2D eigenvalue weighted by atomic mass is 9.77. The summed E-state index contributed by atoms with van der Waals surface area (Å²) in [7, 11) is -4.38. The van der Waals surface area contributed by atoms with E-state index in [0.29, 0.717) is 68.2 Å². The maximum absolute atomic E-state index is 15.5. The molecule has 0 aliphatic carbocycles. The van der Waals surface area contributed by atoms with Gasteiger partial charge in [0.1, 0.15) is 70.5 Å². The summed E-state index contributed by atoms with van der Waals surface area (Å²) in [5.74, 6) is -7.33. The van der Waals surface area contributed by atoms with Crippen molar-refractivity contribution in [2.24, 2.45) is 5.73 Å². The van der Waals surface area contributed by atoms with Crippen LogP contribution in [0.15, 0.2) is 181 Å². The average molecular weight is 1670 g/mol. The van der Waals surface area contributed by atoms with Crippen LogP contribution in [0.1, 0.15) is 142 Å². The van der Waals surface area contributed by atoms with E-state index in [1.165, 1.54) is 23.6 Å². The van der Waals surface area contributed by atoms with Crippen molar-refractivity contribution in [1.29, 1.82) is 5.41 Å². The van der Waals surface area contributed by atoms with Crippen LogP contribution in [0.25, 0.3) is 0 Å². The molecule has 1 saturated heterocycles. The van der Waals surface area contributed by atoms with Crippen LogP contribution in [-0.4, -0.2) is 175 Å². The fourth-order valence-electron chi connectivity index (χ4n) is 14.8. The van der Waals surface area contributed by atoms with Gasteiger partial charge >= 0.3 is 5.97 Å². The Morgan fingerprint density at radius 2 is 1.12 bits per heavy atom. The summed E-state index contributed by atoms with van der Waals surface area (Å²) in [6, 6.07) is 41.3. The van der Waals surface area contributed by atoms with E-state index < -0.39 is 160 Å². The number of carboxylic acids is 1. The molecular formula is C89H111N13O15S2. The van der Waals surface area contributed by atoms with Gasteiger partial charge in [-0.1, -0.05) is 164 Å². The summed E-state index contributed by atoms with van der Waals surface area (Å²) < 4.78 is 42.8. The van der Waals surface area contributed by atoms with Crippen molar-refractivity contribution in [3.8, 4) is 11.5 Å². The molecule has 0 aromatic heterocycles. The largest absolute Gasteiger partial charge is 0.488 e. The second kappa shape index (κ2) is 41.7. The number of hydrogen-bond acceptors (Lipinski definition) is 17. The van der Waals surface area contributed by atoms with Gasteiger partial charge in [-0.15, -0.1) is 0 Å². The molecule has 0 unspecified atom stereocenters. The lowest BCUT2D eigenvalue weighted by Gasteiger charge is -2.37. The van der Waals surface area contributed by atoms with Crippen molar-refractivity contribution in [3.05, 3.63) is 232 Å². The molecule has 1 fully saturated rings. The Balaban J connectivity index is 0.947. The van der Waals surface area contributed by atoms with Crippen molar-refractivity contribution < 1.29 is 70.9 Å². The van der Waals surface area contributed by atoms with E-state index in [0.717, 1.165) is 11.1 Å². The van der Waals surface area contributed by atoms with E-state index in [1.54, 1.807) is 112 Å². The number of likely N-dealkylation sites (tertiary alicyclic amines) is 1. The molecular weight excluding hydrogens is 1560 g/mol. The van der Waals surface area contributed by atoms with Crippen LogP contribution in [0.3, 0.4) is 0 Å². The number of carbonyl (C=O) groups excluding carboxylic acids is 9. The molecule has 28 nitrogen and oxygen atoms in total. The highest BCUT2D eigenvalue weighted by atomic mass is 32.2. The Hall–Kier alpha value is -11.6.